The molecule has 4 nitrogen and oxygen atoms in total. The lowest BCUT2D eigenvalue weighted by molar-refractivity contribution is -0.170. The second-order valence-electron chi connectivity index (χ2n) is 3.58. The second kappa shape index (κ2) is 6.41. The van der Waals surface area contributed by atoms with E-state index in [0.29, 0.717) is 0 Å². The van der Waals surface area contributed by atoms with Gasteiger partial charge in [0.2, 0.25) is 0 Å². The topological polar surface area (TPSA) is 66.4 Å². The zero-order valence-corrected chi connectivity index (χ0v) is 9.05. The number of carboxylic acids is 1. The Balaban J connectivity index is 4.08. The number of hydrogen-bond acceptors (Lipinski definition) is 2. The van der Waals surface area contributed by atoms with Crippen molar-refractivity contribution in [2.45, 2.75) is 44.6 Å². The molecule has 2 N–H and O–H groups in total. The zero-order valence-electron chi connectivity index (χ0n) is 9.05. The van der Waals surface area contributed by atoms with Crippen LogP contribution in [0.1, 0.15) is 26.2 Å². The standard InChI is InChI=1S/C9H13F4NO3/c1-5(3-2-4-6(15)16)14-8(17)9(12,13)7(10)11/h5,7H,2-4H2,1H3,(H,14,17)(H,15,16). The summed E-state index contributed by atoms with van der Waals surface area (Å²) in [6, 6.07) is -0.786. The first-order chi connectivity index (χ1) is 7.67. The number of carbonyl (C=O) groups is 2. The quantitative estimate of drug-likeness (QED) is 0.683. The zero-order chi connectivity index (χ0) is 13.6. The fraction of sp³-hybridized carbons (Fsp3) is 0.778. The van der Waals surface area contributed by atoms with Crippen LogP contribution in [0, 0.1) is 0 Å². The van der Waals surface area contributed by atoms with Gasteiger partial charge in [0.05, 0.1) is 0 Å². The van der Waals surface area contributed by atoms with E-state index < -0.39 is 30.3 Å². The van der Waals surface area contributed by atoms with Crippen LogP contribution in [0.5, 0.6) is 0 Å². The summed E-state index contributed by atoms with van der Waals surface area (Å²) < 4.78 is 48.6. The molecular formula is C9H13F4NO3. The van der Waals surface area contributed by atoms with Gasteiger partial charge < -0.3 is 10.4 Å². The van der Waals surface area contributed by atoms with Gasteiger partial charge in [0.1, 0.15) is 0 Å². The van der Waals surface area contributed by atoms with Crippen molar-refractivity contribution in [1.29, 1.82) is 0 Å². The lowest BCUT2D eigenvalue weighted by atomic mass is 10.1. The predicted molar refractivity (Wildman–Crippen MR) is 50.0 cm³/mol. The summed E-state index contributed by atoms with van der Waals surface area (Å²) in [5.74, 6) is -7.82. The molecule has 0 aromatic heterocycles. The number of nitrogens with one attached hydrogen (secondary N) is 1. The van der Waals surface area contributed by atoms with Crippen molar-refractivity contribution in [1.82, 2.24) is 5.32 Å². The summed E-state index contributed by atoms with van der Waals surface area (Å²) in [5.41, 5.74) is 0. The third kappa shape index (κ3) is 5.50. The molecule has 0 aliphatic heterocycles. The molecule has 1 amide bonds. The molecule has 0 aliphatic carbocycles. The van der Waals surface area contributed by atoms with Crippen LogP contribution in [0.2, 0.25) is 0 Å². The predicted octanol–water partition coefficient (Wildman–Crippen LogP) is 1.65. The fourth-order valence-electron chi connectivity index (χ4n) is 1.05. The van der Waals surface area contributed by atoms with E-state index in [1.54, 1.807) is 5.32 Å². The van der Waals surface area contributed by atoms with Gasteiger partial charge in [-0.2, -0.15) is 8.78 Å². The van der Waals surface area contributed by atoms with Crippen molar-refractivity contribution in [2.24, 2.45) is 0 Å². The van der Waals surface area contributed by atoms with Crippen LogP contribution in [0.25, 0.3) is 0 Å². The first-order valence-corrected chi connectivity index (χ1v) is 4.86. The van der Waals surface area contributed by atoms with Crippen molar-refractivity contribution in [2.75, 3.05) is 0 Å². The number of carboxylic acid groups (broad SMARTS) is 1. The maximum atomic E-state index is 12.5. The highest BCUT2D eigenvalue weighted by Gasteiger charge is 2.49. The Hall–Kier alpha value is -1.34. The smallest absolute Gasteiger partial charge is 0.383 e. The van der Waals surface area contributed by atoms with Crippen LogP contribution in [0.4, 0.5) is 17.6 Å². The Morgan fingerprint density at radius 1 is 1.35 bits per heavy atom. The van der Waals surface area contributed by atoms with Crippen LogP contribution >= 0.6 is 0 Å². The Labute approximate surface area is 95.0 Å². The average Bonchev–Trinajstić information content (AvgIpc) is 2.16. The van der Waals surface area contributed by atoms with E-state index in [0.717, 1.165) is 0 Å². The van der Waals surface area contributed by atoms with Gasteiger partial charge in [0.15, 0.2) is 0 Å². The Morgan fingerprint density at radius 2 is 1.88 bits per heavy atom. The largest absolute Gasteiger partial charge is 0.481 e. The molecule has 1 unspecified atom stereocenters. The van der Waals surface area contributed by atoms with E-state index in [4.69, 9.17) is 5.11 Å². The van der Waals surface area contributed by atoms with E-state index in [2.05, 4.69) is 0 Å². The molecule has 0 spiro atoms. The Bertz CT molecular complexity index is 283. The number of amides is 1. The van der Waals surface area contributed by atoms with Crippen molar-refractivity contribution in [3.8, 4) is 0 Å². The molecule has 100 valence electrons. The molecule has 0 rings (SSSR count). The summed E-state index contributed by atoms with van der Waals surface area (Å²) >= 11 is 0. The second-order valence-corrected chi connectivity index (χ2v) is 3.58. The molecule has 0 radical (unpaired) electrons. The van der Waals surface area contributed by atoms with Crippen molar-refractivity contribution < 1.29 is 32.3 Å². The van der Waals surface area contributed by atoms with Crippen molar-refractivity contribution in [3.63, 3.8) is 0 Å². The van der Waals surface area contributed by atoms with Crippen LogP contribution in [-0.4, -0.2) is 35.4 Å². The molecule has 0 aromatic carbocycles. The maximum Gasteiger partial charge on any atom is 0.383 e. The molecule has 1 atom stereocenters. The van der Waals surface area contributed by atoms with Gasteiger partial charge in [0, 0.05) is 12.5 Å². The van der Waals surface area contributed by atoms with Crippen LogP contribution in [-0.2, 0) is 9.59 Å². The number of hydrogen-bond donors (Lipinski definition) is 2. The first kappa shape index (κ1) is 15.7. The van der Waals surface area contributed by atoms with E-state index in [1.165, 1.54) is 6.92 Å². The number of carbonyl (C=O) groups excluding carboxylic acids is 1. The summed E-state index contributed by atoms with van der Waals surface area (Å²) in [5, 5.41) is 10.0. The highest BCUT2D eigenvalue weighted by Crippen LogP contribution is 2.23. The molecule has 17 heavy (non-hydrogen) atoms. The van der Waals surface area contributed by atoms with Gasteiger partial charge in [0.25, 0.3) is 5.91 Å². The van der Waals surface area contributed by atoms with Gasteiger partial charge in [-0.1, -0.05) is 0 Å². The minimum Gasteiger partial charge on any atom is -0.481 e. The number of rotatable bonds is 7. The summed E-state index contributed by atoms with van der Waals surface area (Å²) in [6.45, 7) is 1.33. The highest BCUT2D eigenvalue weighted by molar-refractivity contribution is 5.84. The van der Waals surface area contributed by atoms with E-state index >= 15 is 0 Å². The average molecular weight is 259 g/mol. The SMILES string of the molecule is CC(CCCC(=O)O)NC(=O)C(F)(F)C(F)F. The van der Waals surface area contributed by atoms with E-state index in [1.807, 2.05) is 0 Å². The molecule has 0 saturated heterocycles. The van der Waals surface area contributed by atoms with Gasteiger partial charge in [-0.15, -0.1) is 0 Å². The van der Waals surface area contributed by atoms with Gasteiger partial charge in [-0.05, 0) is 19.8 Å². The lowest BCUT2D eigenvalue weighted by Gasteiger charge is -2.18. The molecule has 0 aliphatic rings. The fourth-order valence-corrected chi connectivity index (χ4v) is 1.05. The van der Waals surface area contributed by atoms with Crippen LogP contribution in [0.3, 0.4) is 0 Å². The van der Waals surface area contributed by atoms with E-state index in [-0.39, 0.29) is 19.3 Å². The van der Waals surface area contributed by atoms with Crippen LogP contribution < -0.4 is 5.32 Å². The van der Waals surface area contributed by atoms with Gasteiger partial charge >= 0.3 is 18.3 Å². The molecule has 0 fully saturated rings. The number of alkyl halides is 4. The summed E-state index contributed by atoms with van der Waals surface area (Å²) in [6.07, 6.45) is -3.95. The molecule has 0 saturated carbocycles. The van der Waals surface area contributed by atoms with E-state index in [9.17, 15) is 27.2 Å². The lowest BCUT2D eigenvalue weighted by Crippen LogP contribution is -2.48. The third-order valence-electron chi connectivity index (χ3n) is 1.98. The maximum absolute atomic E-state index is 12.5. The molecular weight excluding hydrogens is 246 g/mol. The van der Waals surface area contributed by atoms with Gasteiger partial charge in [-0.3, -0.25) is 9.59 Å². The number of halogens is 4. The normalized spacial score (nSPS) is 13.5. The Morgan fingerprint density at radius 3 is 2.29 bits per heavy atom. The summed E-state index contributed by atoms with van der Waals surface area (Å²) in [4.78, 5) is 20.9. The van der Waals surface area contributed by atoms with Crippen LogP contribution in [0.15, 0.2) is 0 Å². The third-order valence-corrected chi connectivity index (χ3v) is 1.98. The minimum atomic E-state index is -4.72. The van der Waals surface area contributed by atoms with Crippen molar-refractivity contribution in [3.05, 3.63) is 0 Å². The van der Waals surface area contributed by atoms with Crippen molar-refractivity contribution >= 4 is 11.9 Å². The molecule has 0 aromatic rings. The minimum absolute atomic E-state index is 0.122. The monoisotopic (exact) mass is 259 g/mol. The highest BCUT2D eigenvalue weighted by atomic mass is 19.3. The first-order valence-electron chi connectivity index (χ1n) is 4.86. The number of aliphatic carboxylic acids is 1. The molecule has 0 bridgehead atoms. The molecule has 0 heterocycles. The van der Waals surface area contributed by atoms with Gasteiger partial charge in [-0.25, -0.2) is 8.78 Å². The Kier molecular flexibility index (Phi) is 5.90. The molecule has 8 heteroatoms. The summed E-state index contributed by atoms with van der Waals surface area (Å²) in [7, 11) is 0.